The van der Waals surface area contributed by atoms with Crippen LogP contribution in [0.2, 0.25) is 0 Å². The fourth-order valence-electron chi connectivity index (χ4n) is 2.05. The Morgan fingerprint density at radius 2 is 2.32 bits per heavy atom. The Morgan fingerprint density at radius 3 is 2.96 bits per heavy atom. The van der Waals surface area contributed by atoms with E-state index in [1.54, 1.807) is 4.98 Å². The zero-order valence-electron chi connectivity index (χ0n) is 12.7. The summed E-state index contributed by atoms with van der Waals surface area (Å²) >= 11 is 1.37. The van der Waals surface area contributed by atoms with E-state index in [-0.39, 0.29) is 18.6 Å². The summed E-state index contributed by atoms with van der Waals surface area (Å²) in [6, 6.07) is 0. The number of ether oxygens (including phenoxy) is 1. The Hall–Kier alpha value is -1.30. The molecular weight excluding hydrogens is 476 g/mol. The van der Waals surface area contributed by atoms with Crippen LogP contribution >= 0.6 is 27.3 Å². The summed E-state index contributed by atoms with van der Waals surface area (Å²) in [5, 5.41) is -3.67. The van der Waals surface area contributed by atoms with Crippen LogP contribution in [0.5, 0.6) is 0 Å². The molecule has 1 aliphatic rings. The van der Waals surface area contributed by atoms with Crippen molar-refractivity contribution in [3.63, 3.8) is 0 Å². The van der Waals surface area contributed by atoms with Crippen LogP contribution in [0.15, 0.2) is 40.8 Å². The number of alkyl halides is 1. The van der Waals surface area contributed by atoms with E-state index >= 15 is 0 Å². The number of halogens is 3. The lowest BCUT2D eigenvalue weighted by molar-refractivity contribution is -0.173. The third-order valence-corrected chi connectivity index (χ3v) is 5.55. The molecule has 0 amide bonds. The van der Waals surface area contributed by atoms with Gasteiger partial charge in [-0.3, -0.25) is 18.9 Å². The minimum Gasteiger partial charge on any atom is -0.418 e. The van der Waals surface area contributed by atoms with Crippen LogP contribution in [0.25, 0.3) is 0 Å². The number of aromatic amines is 1. The molecule has 0 radical (unpaired) electrons. The molecule has 1 unspecified atom stereocenters. The quantitative estimate of drug-likeness (QED) is 0.273. The molecule has 1 saturated heterocycles. The molecular formula is C13H14F2IN2O6P. The van der Waals surface area contributed by atoms with E-state index in [0.717, 1.165) is 4.57 Å². The van der Waals surface area contributed by atoms with Gasteiger partial charge in [0.15, 0.2) is 0 Å². The molecule has 138 valence electrons. The van der Waals surface area contributed by atoms with E-state index in [1.807, 2.05) is 0 Å². The monoisotopic (exact) mass is 490 g/mol. The molecule has 0 aromatic carbocycles. The molecule has 25 heavy (non-hydrogen) atoms. The van der Waals surface area contributed by atoms with Gasteiger partial charge < -0.3 is 9.26 Å². The van der Waals surface area contributed by atoms with Crippen molar-refractivity contribution in [2.75, 3.05) is 6.61 Å². The van der Waals surface area contributed by atoms with Crippen molar-refractivity contribution in [1.82, 2.24) is 9.55 Å². The van der Waals surface area contributed by atoms with E-state index in [2.05, 4.69) is 13.2 Å². The number of allylic oxidation sites excluding steroid dienone is 1. The molecule has 1 aromatic heterocycles. The molecule has 8 nitrogen and oxygen atoms in total. The van der Waals surface area contributed by atoms with E-state index in [0.29, 0.717) is 6.20 Å². The van der Waals surface area contributed by atoms with Gasteiger partial charge in [-0.2, -0.15) is 4.39 Å². The van der Waals surface area contributed by atoms with Gasteiger partial charge in [-0.05, 0) is 12.5 Å². The van der Waals surface area contributed by atoms with E-state index < -0.39 is 41.0 Å². The van der Waals surface area contributed by atoms with Crippen molar-refractivity contribution in [2.45, 2.75) is 24.9 Å². The van der Waals surface area contributed by atoms with Gasteiger partial charge in [0.1, 0.15) is 18.6 Å². The van der Waals surface area contributed by atoms with Gasteiger partial charge in [0.2, 0.25) is 11.7 Å². The largest absolute Gasteiger partial charge is 0.438 e. The molecule has 1 N–H and O–H groups in total. The van der Waals surface area contributed by atoms with Gasteiger partial charge in [-0.15, -0.1) is 0 Å². The zero-order chi connectivity index (χ0) is 18.8. The standard InChI is InChI=1S/C13H14F2IN2O6P/c1-3-8(2)24-25(16,21)22-7-13(15)5-4-10(23-13)18-6-9(14)11(19)17-12(18)20/h3,6,10H,1-2,4-5,7H2,(H,17,19,20)/t10-,13+,25?/m1/s1. The lowest BCUT2D eigenvalue weighted by Gasteiger charge is -2.22. The summed E-state index contributed by atoms with van der Waals surface area (Å²) < 4.78 is 55.7. The highest BCUT2D eigenvalue weighted by molar-refractivity contribution is 14.2. The van der Waals surface area contributed by atoms with Crippen LogP contribution in [0.1, 0.15) is 19.1 Å². The zero-order valence-corrected chi connectivity index (χ0v) is 15.8. The Bertz CT molecular complexity index is 856. The molecule has 0 saturated carbocycles. The van der Waals surface area contributed by atoms with Crippen LogP contribution in [0.3, 0.4) is 0 Å². The maximum Gasteiger partial charge on any atom is 0.438 e. The summed E-state index contributed by atoms with van der Waals surface area (Å²) in [7, 11) is 0. The molecule has 1 aliphatic heterocycles. The molecule has 0 bridgehead atoms. The third kappa shape index (κ3) is 5.09. The lowest BCUT2D eigenvalue weighted by atomic mass is 10.2. The van der Waals surface area contributed by atoms with Gasteiger partial charge in [-0.25, -0.2) is 13.8 Å². The van der Waals surface area contributed by atoms with Crippen molar-refractivity contribution in [2.24, 2.45) is 0 Å². The van der Waals surface area contributed by atoms with Crippen LogP contribution in [0.4, 0.5) is 8.78 Å². The van der Waals surface area contributed by atoms with Crippen LogP contribution in [0, 0.1) is 5.82 Å². The average molecular weight is 490 g/mol. The van der Waals surface area contributed by atoms with Crippen molar-refractivity contribution in [3.05, 3.63) is 57.8 Å². The highest BCUT2D eigenvalue weighted by atomic mass is 127. The SMILES string of the molecule is C=CC(=C)OP(=O)(I)OC[C@]1(F)CC[C@H](n2cc(F)c(=O)[nH]c2=O)O1. The van der Waals surface area contributed by atoms with Gasteiger partial charge >= 0.3 is 10.9 Å². The first kappa shape index (κ1) is 20.0. The van der Waals surface area contributed by atoms with Crippen LogP contribution < -0.4 is 11.2 Å². The smallest absolute Gasteiger partial charge is 0.418 e. The fraction of sp³-hybridized carbons (Fsp3) is 0.385. The minimum absolute atomic E-state index is 0.00822. The molecule has 3 atom stereocenters. The molecule has 2 heterocycles. The first-order valence-electron chi connectivity index (χ1n) is 6.88. The van der Waals surface area contributed by atoms with Crippen molar-refractivity contribution < 1.29 is 27.1 Å². The van der Waals surface area contributed by atoms with Gasteiger partial charge in [0.25, 0.3) is 5.56 Å². The Balaban J connectivity index is 2.06. The van der Waals surface area contributed by atoms with Crippen molar-refractivity contribution >= 4 is 27.3 Å². The number of H-pyrrole nitrogens is 1. The van der Waals surface area contributed by atoms with E-state index in [4.69, 9.17) is 13.8 Å². The van der Waals surface area contributed by atoms with E-state index in [9.17, 15) is 22.9 Å². The summed E-state index contributed by atoms with van der Waals surface area (Å²) in [6.07, 6.45) is 0.504. The molecule has 0 spiro atoms. The molecule has 2 rings (SSSR count). The van der Waals surface area contributed by atoms with Crippen molar-refractivity contribution in [3.8, 4) is 0 Å². The predicted octanol–water partition coefficient (Wildman–Crippen LogP) is 2.93. The lowest BCUT2D eigenvalue weighted by Crippen LogP contribution is -2.35. The summed E-state index contributed by atoms with van der Waals surface area (Å²) in [6.45, 7) is 6.04. The second kappa shape index (κ2) is 7.52. The highest BCUT2D eigenvalue weighted by Crippen LogP contribution is 2.59. The second-order valence-corrected chi connectivity index (χ2v) is 9.95. The summed E-state index contributed by atoms with van der Waals surface area (Å²) in [5.41, 5.74) is -2.12. The molecule has 12 heteroatoms. The second-order valence-electron chi connectivity index (χ2n) is 5.10. The normalized spacial score (nSPS) is 25.3. The average Bonchev–Trinajstić information content (AvgIpc) is 2.91. The summed E-state index contributed by atoms with van der Waals surface area (Å²) in [5.74, 6) is -3.58. The first-order chi connectivity index (χ1) is 11.6. The third-order valence-electron chi connectivity index (χ3n) is 3.23. The molecule has 0 aliphatic carbocycles. The minimum atomic E-state index is -3.67. The van der Waals surface area contributed by atoms with E-state index in [1.165, 1.54) is 28.1 Å². The number of hydrogen-bond acceptors (Lipinski definition) is 6. The number of nitrogens with zero attached hydrogens (tertiary/aromatic N) is 1. The predicted molar refractivity (Wildman–Crippen MR) is 92.5 cm³/mol. The molecule has 1 aromatic rings. The van der Waals surface area contributed by atoms with Gasteiger partial charge in [0.05, 0.1) is 28.2 Å². The maximum atomic E-state index is 14.7. The van der Waals surface area contributed by atoms with Gasteiger partial charge in [0, 0.05) is 6.42 Å². The number of aromatic nitrogens is 2. The molecule has 1 fully saturated rings. The Morgan fingerprint density at radius 1 is 1.64 bits per heavy atom. The summed E-state index contributed by atoms with van der Waals surface area (Å²) in [4.78, 5) is 24.5. The van der Waals surface area contributed by atoms with Gasteiger partial charge in [-0.1, -0.05) is 13.2 Å². The topological polar surface area (TPSA) is 99.6 Å². The number of rotatable bonds is 7. The number of hydrogen-bond donors (Lipinski definition) is 1. The highest BCUT2D eigenvalue weighted by Gasteiger charge is 2.44. The Kier molecular flexibility index (Phi) is 6.02. The van der Waals surface area contributed by atoms with Crippen molar-refractivity contribution in [1.29, 1.82) is 0 Å². The van der Waals surface area contributed by atoms with Crippen LogP contribution in [-0.4, -0.2) is 22.0 Å². The number of nitrogens with one attached hydrogen (secondary N) is 1. The Labute approximate surface area is 153 Å². The van der Waals surface area contributed by atoms with Crippen LogP contribution in [-0.2, 0) is 18.3 Å². The fourth-order valence-corrected chi connectivity index (χ4v) is 3.99. The first-order valence-corrected chi connectivity index (χ1v) is 11.2. The maximum absolute atomic E-state index is 14.7.